The number of rotatable bonds is 2. The van der Waals surface area contributed by atoms with E-state index in [1.165, 1.54) is 5.56 Å². The molecule has 3 aromatic rings. The molecule has 0 bridgehead atoms. The van der Waals surface area contributed by atoms with Crippen molar-refractivity contribution in [1.82, 2.24) is 14.6 Å². The van der Waals surface area contributed by atoms with Gasteiger partial charge in [0, 0.05) is 5.56 Å². The second kappa shape index (κ2) is 4.58. The molecule has 0 unspecified atom stereocenters. The first kappa shape index (κ1) is 11.5. The Hall–Kier alpha value is -2.60. The van der Waals surface area contributed by atoms with Crippen molar-refractivity contribution in [3.63, 3.8) is 0 Å². The zero-order valence-electron chi connectivity index (χ0n) is 10.7. The molecule has 0 atom stereocenters. The van der Waals surface area contributed by atoms with Crippen LogP contribution < -0.4 is 0 Å². The van der Waals surface area contributed by atoms with Crippen LogP contribution in [0, 0.1) is 12.3 Å². The van der Waals surface area contributed by atoms with Gasteiger partial charge in [-0.1, -0.05) is 31.2 Å². The fourth-order valence-corrected chi connectivity index (χ4v) is 2.04. The van der Waals surface area contributed by atoms with Crippen molar-refractivity contribution < 1.29 is 0 Å². The molecule has 0 aliphatic carbocycles. The second-order valence-corrected chi connectivity index (χ2v) is 4.33. The Morgan fingerprint density at radius 1 is 1.16 bits per heavy atom. The quantitative estimate of drug-likeness (QED) is 0.652. The molecule has 3 nitrogen and oxygen atoms in total. The van der Waals surface area contributed by atoms with E-state index >= 15 is 0 Å². The van der Waals surface area contributed by atoms with Crippen LogP contribution in [0.4, 0.5) is 0 Å². The molecule has 2 aromatic heterocycles. The van der Waals surface area contributed by atoms with E-state index in [1.54, 1.807) is 10.7 Å². The van der Waals surface area contributed by atoms with E-state index in [0.29, 0.717) is 5.69 Å². The normalized spacial score (nSPS) is 10.5. The van der Waals surface area contributed by atoms with Crippen LogP contribution in [-0.4, -0.2) is 14.6 Å². The number of nitrogens with zero attached hydrogens (tertiary/aromatic N) is 3. The predicted molar refractivity (Wildman–Crippen MR) is 75.7 cm³/mol. The first-order chi connectivity index (χ1) is 9.31. The monoisotopic (exact) mass is 247 g/mol. The Morgan fingerprint density at radius 3 is 2.63 bits per heavy atom. The number of terminal acetylenes is 1. The minimum Gasteiger partial charge on any atom is -0.234 e. The third-order valence-corrected chi connectivity index (χ3v) is 3.17. The van der Waals surface area contributed by atoms with Gasteiger partial charge in [0.2, 0.25) is 0 Å². The van der Waals surface area contributed by atoms with E-state index < -0.39 is 0 Å². The van der Waals surface area contributed by atoms with Crippen LogP contribution in [0.15, 0.2) is 42.6 Å². The molecule has 1 aromatic carbocycles. The first-order valence-electron chi connectivity index (χ1n) is 6.22. The highest BCUT2D eigenvalue weighted by Crippen LogP contribution is 2.18. The highest BCUT2D eigenvalue weighted by molar-refractivity contribution is 5.61. The number of imidazole rings is 1. The molecule has 0 spiro atoms. The van der Waals surface area contributed by atoms with Crippen LogP contribution in [0.2, 0.25) is 0 Å². The van der Waals surface area contributed by atoms with Gasteiger partial charge in [0.1, 0.15) is 5.69 Å². The average Bonchev–Trinajstić information content (AvgIpc) is 2.89. The van der Waals surface area contributed by atoms with Gasteiger partial charge in [0.15, 0.2) is 5.65 Å². The number of fused-ring (bicyclic) bond motifs is 1. The summed E-state index contributed by atoms with van der Waals surface area (Å²) in [6.45, 7) is 2.14. The minimum absolute atomic E-state index is 0.669. The smallest absolute Gasteiger partial charge is 0.154 e. The van der Waals surface area contributed by atoms with Gasteiger partial charge in [0.25, 0.3) is 0 Å². The van der Waals surface area contributed by atoms with Crippen LogP contribution in [-0.2, 0) is 6.42 Å². The Balaban J connectivity index is 2.11. The molecule has 0 amide bonds. The number of hydrogen-bond acceptors (Lipinski definition) is 2. The maximum absolute atomic E-state index is 5.44. The molecule has 3 rings (SSSR count). The van der Waals surface area contributed by atoms with Crippen molar-refractivity contribution in [2.75, 3.05) is 0 Å². The highest BCUT2D eigenvalue weighted by Gasteiger charge is 2.05. The Bertz CT molecular complexity index is 761. The summed E-state index contributed by atoms with van der Waals surface area (Å²) >= 11 is 0. The molecule has 19 heavy (non-hydrogen) atoms. The zero-order valence-corrected chi connectivity index (χ0v) is 10.7. The minimum atomic E-state index is 0.669. The predicted octanol–water partition coefficient (Wildman–Crippen LogP) is 2.94. The molecule has 0 saturated heterocycles. The molecule has 0 saturated carbocycles. The summed E-state index contributed by atoms with van der Waals surface area (Å²) in [4.78, 5) is 4.21. The third-order valence-electron chi connectivity index (χ3n) is 3.17. The number of hydrogen-bond donors (Lipinski definition) is 0. The van der Waals surface area contributed by atoms with Gasteiger partial charge in [0.05, 0.1) is 11.9 Å². The zero-order chi connectivity index (χ0) is 13.2. The van der Waals surface area contributed by atoms with Gasteiger partial charge in [-0.3, -0.25) is 0 Å². The van der Waals surface area contributed by atoms with E-state index in [1.807, 2.05) is 12.1 Å². The van der Waals surface area contributed by atoms with Crippen LogP contribution in [0.1, 0.15) is 18.2 Å². The molecular formula is C16H13N3. The molecule has 2 heterocycles. The van der Waals surface area contributed by atoms with Crippen LogP contribution in [0.5, 0.6) is 0 Å². The summed E-state index contributed by atoms with van der Waals surface area (Å²) in [5.74, 6) is 2.58. The molecule has 0 fully saturated rings. The molecule has 0 radical (unpaired) electrons. The van der Waals surface area contributed by atoms with Crippen LogP contribution >= 0.6 is 0 Å². The van der Waals surface area contributed by atoms with Gasteiger partial charge in [-0.05, 0) is 30.0 Å². The average molecular weight is 247 g/mol. The molecule has 0 aliphatic rings. The van der Waals surface area contributed by atoms with Crippen molar-refractivity contribution >= 4 is 5.65 Å². The maximum Gasteiger partial charge on any atom is 0.154 e. The molecule has 0 N–H and O–H groups in total. The first-order valence-corrected chi connectivity index (χ1v) is 6.22. The third kappa shape index (κ3) is 1.98. The summed E-state index contributed by atoms with van der Waals surface area (Å²) in [5, 5.41) is 4.54. The van der Waals surface area contributed by atoms with Crippen LogP contribution in [0.3, 0.4) is 0 Å². The van der Waals surface area contributed by atoms with Crippen molar-refractivity contribution in [2.45, 2.75) is 13.3 Å². The summed E-state index contributed by atoms with van der Waals surface area (Å²) in [6.07, 6.45) is 8.13. The van der Waals surface area contributed by atoms with Gasteiger partial charge in [-0.25, -0.2) is 9.50 Å². The Morgan fingerprint density at radius 2 is 1.95 bits per heavy atom. The SMILES string of the molecule is C#Cc1cnc2ccc(-c3ccc(CC)cc3)nn12. The number of benzene rings is 1. The van der Waals surface area contributed by atoms with Crippen LogP contribution in [0.25, 0.3) is 16.9 Å². The fourth-order valence-electron chi connectivity index (χ4n) is 2.04. The van der Waals surface area contributed by atoms with Gasteiger partial charge >= 0.3 is 0 Å². The lowest BCUT2D eigenvalue weighted by molar-refractivity contribution is 0.930. The summed E-state index contributed by atoms with van der Waals surface area (Å²) in [7, 11) is 0. The standard InChI is InChI=1S/C16H13N3/c1-3-12-5-7-13(8-6-12)15-9-10-16-17-11-14(4-2)19(16)18-15/h2,5-11H,3H2,1H3. The van der Waals surface area contributed by atoms with E-state index in [2.05, 4.69) is 47.2 Å². The van der Waals surface area contributed by atoms with Crippen molar-refractivity contribution in [3.8, 4) is 23.6 Å². The fraction of sp³-hybridized carbons (Fsp3) is 0.125. The molecule has 0 aliphatic heterocycles. The van der Waals surface area contributed by atoms with E-state index in [4.69, 9.17) is 6.42 Å². The van der Waals surface area contributed by atoms with Crippen molar-refractivity contribution in [3.05, 3.63) is 53.9 Å². The van der Waals surface area contributed by atoms with Gasteiger partial charge in [-0.15, -0.1) is 6.42 Å². The largest absolute Gasteiger partial charge is 0.234 e. The van der Waals surface area contributed by atoms with Gasteiger partial charge in [-0.2, -0.15) is 5.10 Å². The van der Waals surface area contributed by atoms with E-state index in [-0.39, 0.29) is 0 Å². The van der Waals surface area contributed by atoms with E-state index in [0.717, 1.165) is 23.3 Å². The lowest BCUT2D eigenvalue weighted by Crippen LogP contribution is -1.96. The summed E-state index contributed by atoms with van der Waals surface area (Å²) in [6, 6.07) is 12.3. The Labute approximate surface area is 111 Å². The summed E-state index contributed by atoms with van der Waals surface area (Å²) < 4.78 is 1.70. The summed E-state index contributed by atoms with van der Waals surface area (Å²) in [5.41, 5.74) is 4.72. The lowest BCUT2D eigenvalue weighted by atomic mass is 10.1. The highest BCUT2D eigenvalue weighted by atomic mass is 15.3. The van der Waals surface area contributed by atoms with Crippen molar-refractivity contribution in [1.29, 1.82) is 0 Å². The Kier molecular flexibility index (Phi) is 2.77. The topological polar surface area (TPSA) is 30.2 Å². The van der Waals surface area contributed by atoms with Gasteiger partial charge < -0.3 is 0 Å². The lowest BCUT2D eigenvalue weighted by Gasteiger charge is -2.03. The molecule has 3 heteroatoms. The molecule has 92 valence electrons. The van der Waals surface area contributed by atoms with E-state index in [9.17, 15) is 0 Å². The van der Waals surface area contributed by atoms with Crippen molar-refractivity contribution in [2.24, 2.45) is 0 Å². The maximum atomic E-state index is 5.44. The second-order valence-electron chi connectivity index (χ2n) is 4.33. The number of aryl methyl sites for hydroxylation is 1. The number of aromatic nitrogens is 3. The molecular weight excluding hydrogens is 234 g/mol.